The number of methoxy groups -OCH3 is 4. The van der Waals surface area contributed by atoms with Crippen LogP contribution >= 0.6 is 11.6 Å². The third-order valence-corrected chi connectivity index (χ3v) is 13.7. The third kappa shape index (κ3) is 20.1. The number of nitrogens with two attached hydrogens (primary N) is 2. The Morgan fingerprint density at radius 3 is 1.39 bits per heavy atom. The number of pyridine rings is 4. The van der Waals surface area contributed by atoms with Crippen LogP contribution in [-0.4, -0.2) is 102 Å². The molecule has 0 aliphatic carbocycles. The van der Waals surface area contributed by atoms with Gasteiger partial charge in [-0.1, -0.05) is 60.1 Å². The van der Waals surface area contributed by atoms with Crippen LogP contribution in [0.2, 0.25) is 5.15 Å². The van der Waals surface area contributed by atoms with Crippen LogP contribution in [0.1, 0.15) is 116 Å². The van der Waals surface area contributed by atoms with Gasteiger partial charge >= 0.3 is 35.3 Å². The minimum absolute atomic E-state index is 0.00769. The number of benzene rings is 4. The first-order valence-electron chi connectivity index (χ1n) is 27.9. The Morgan fingerprint density at radius 2 is 0.978 bits per heavy atom. The summed E-state index contributed by atoms with van der Waals surface area (Å²) in [6, 6.07) is 33.5. The standard InChI is InChI=1S/C17H19N3O3.C15H15N3O5.C15H17N3O3.C10H13NO2.C6H6ClN3O2/c1-11(12-3-5-13(6-4-12)17(21)22-2)20-16-15-14(7-8-19-16)23-10-9-18-15;1-9(10-3-5-11(6-4-10)15(20)23-2)17-14-13(18(21)22)12(19)7-8-16-14;1-9(18-14-13(16)12(19)7-8-17-14)10-3-5-11(6-4-10)15(20)21-2;1-7(11)8-3-5-9(6-4-8)10(12)13-2;1-8-4-2-3-9-6(7)5(4)10(11)12/h3-8,11,18H,9-10H2,1-2H3,(H,19,20);3-9H,1-2H3,(H2,16,17,19);3-9H,16H2,1-2H3,(H2,17,18,19);3-7H,11H2,1-2H3;2-3H,1H3,(H,8,9)/t11-;2*9-;7-;/m0000./s1. The van der Waals surface area contributed by atoms with Crippen LogP contribution in [0.5, 0.6) is 5.75 Å². The summed E-state index contributed by atoms with van der Waals surface area (Å²) in [5.74, 6) is 0.598. The van der Waals surface area contributed by atoms with E-state index in [1.54, 1.807) is 80.8 Å². The fourth-order valence-electron chi connectivity index (χ4n) is 8.36. The van der Waals surface area contributed by atoms with Gasteiger partial charge in [0.25, 0.3) is 5.43 Å². The van der Waals surface area contributed by atoms with Crippen molar-refractivity contribution in [2.24, 2.45) is 5.73 Å². The highest BCUT2D eigenvalue weighted by Gasteiger charge is 2.22. The van der Waals surface area contributed by atoms with Gasteiger partial charge in [-0.3, -0.25) is 29.8 Å². The summed E-state index contributed by atoms with van der Waals surface area (Å²) in [6.45, 7) is 9.06. The minimum atomic E-state index is -0.728. The first-order chi connectivity index (χ1) is 44.0. The molecule has 4 atom stereocenters. The van der Waals surface area contributed by atoms with Crippen molar-refractivity contribution < 1.29 is 52.7 Å². The number of hydrogen-bond donors (Lipinski definition) is 9. The van der Waals surface area contributed by atoms with E-state index in [-0.39, 0.29) is 69.8 Å². The predicted molar refractivity (Wildman–Crippen MR) is 349 cm³/mol. The Kier molecular flexibility index (Phi) is 27.1. The number of carbonyl (C=O) groups is 4. The molecule has 0 saturated heterocycles. The molecule has 4 aromatic carbocycles. The van der Waals surface area contributed by atoms with Crippen molar-refractivity contribution in [1.82, 2.24) is 19.9 Å². The first-order valence-corrected chi connectivity index (χ1v) is 28.3. The molecule has 0 unspecified atom stereocenters. The van der Waals surface area contributed by atoms with Crippen molar-refractivity contribution in [2.45, 2.75) is 51.9 Å². The van der Waals surface area contributed by atoms with E-state index in [0.717, 1.165) is 52.1 Å². The summed E-state index contributed by atoms with van der Waals surface area (Å²) in [4.78, 5) is 102. The Balaban J connectivity index is 0.000000214. The predicted octanol–water partition coefficient (Wildman–Crippen LogP) is 10.2. The number of H-pyrrole nitrogens is 2. The number of nitrogens with one attached hydrogen (secondary N) is 7. The molecule has 28 nitrogen and oxygen atoms in total. The Morgan fingerprint density at radius 1 is 0.576 bits per heavy atom. The van der Waals surface area contributed by atoms with Gasteiger partial charge in [-0.15, -0.1) is 0 Å². The van der Waals surface area contributed by atoms with Crippen molar-refractivity contribution in [3.05, 3.63) is 236 Å². The fraction of sp³-hybridized carbons (Fsp3) is 0.238. The van der Waals surface area contributed by atoms with E-state index in [1.165, 1.54) is 59.2 Å². The van der Waals surface area contributed by atoms with Gasteiger partial charge in [-0.05, 0) is 105 Å². The molecule has 0 radical (unpaired) electrons. The molecular weight excluding hydrogens is 1210 g/mol. The summed E-state index contributed by atoms with van der Waals surface area (Å²) in [6.07, 6.45) is 6.00. The second kappa shape index (κ2) is 35.0. The molecule has 0 fully saturated rings. The number of nitro groups is 2. The monoisotopic (exact) mass is 1280 g/mol. The topological polar surface area (TPSA) is 404 Å². The quantitative estimate of drug-likeness (QED) is 0.0134. The van der Waals surface area contributed by atoms with Gasteiger partial charge in [0.15, 0.2) is 11.6 Å². The van der Waals surface area contributed by atoms with E-state index in [2.05, 4.69) is 60.7 Å². The molecule has 0 amide bonds. The Labute approximate surface area is 532 Å². The number of halogens is 1. The van der Waals surface area contributed by atoms with E-state index < -0.39 is 26.9 Å². The Bertz CT molecular complexity index is 3930. The first kappa shape index (κ1) is 71.4. The molecule has 5 heterocycles. The highest BCUT2D eigenvalue weighted by atomic mass is 35.5. The molecule has 1 aliphatic rings. The van der Waals surface area contributed by atoms with E-state index in [4.69, 9.17) is 32.5 Å². The molecule has 1 aliphatic heterocycles. The highest BCUT2D eigenvalue weighted by Crippen LogP contribution is 2.35. The summed E-state index contributed by atoms with van der Waals surface area (Å²) >= 11 is 5.51. The molecule has 8 aromatic rings. The lowest BCUT2D eigenvalue weighted by atomic mass is 10.1. The molecule has 4 aromatic heterocycles. The number of rotatable bonds is 17. The molecule has 92 heavy (non-hydrogen) atoms. The lowest BCUT2D eigenvalue weighted by Gasteiger charge is -2.23. The van der Waals surface area contributed by atoms with Crippen molar-refractivity contribution in [2.75, 3.05) is 81.0 Å². The van der Waals surface area contributed by atoms with Gasteiger partial charge in [0.1, 0.15) is 35.2 Å². The maximum atomic E-state index is 11.6. The SMILES string of the molecule is CNc1ccnc(Cl)c1[N+](=O)[O-].COC(=O)c1ccc([C@H](C)N)cc1.COC(=O)c1ccc([C@H](C)Nc2[nH]ccc(=O)c2N)cc1.COC(=O)c1ccc([C@H](C)Nc2[nH]ccc(=O)c2[N+](=O)[O-])cc1.COC(=O)c1ccc([C@H](C)Nc2nccc3c2NCCO3)cc1. The summed E-state index contributed by atoms with van der Waals surface area (Å²) in [5.41, 5.74) is 16.9. The number of aromatic amines is 2. The lowest BCUT2D eigenvalue weighted by Crippen LogP contribution is -2.20. The van der Waals surface area contributed by atoms with Gasteiger partial charge in [0, 0.05) is 68.7 Å². The zero-order chi connectivity index (χ0) is 67.6. The molecule has 0 spiro atoms. The maximum absolute atomic E-state index is 11.6. The second-order valence-electron chi connectivity index (χ2n) is 19.6. The van der Waals surface area contributed by atoms with Gasteiger partial charge in [-0.2, -0.15) is 0 Å². The van der Waals surface area contributed by atoms with E-state index in [9.17, 15) is 49.0 Å². The van der Waals surface area contributed by atoms with E-state index >= 15 is 0 Å². The number of ether oxygens (including phenoxy) is 5. The summed E-state index contributed by atoms with van der Waals surface area (Å²) in [7, 11) is 6.96. The van der Waals surface area contributed by atoms with Crippen molar-refractivity contribution in [3.8, 4) is 5.75 Å². The van der Waals surface area contributed by atoms with Gasteiger partial charge in [-0.25, -0.2) is 29.1 Å². The largest absolute Gasteiger partial charge is 0.489 e. The fourth-order valence-corrected chi connectivity index (χ4v) is 8.59. The molecule has 0 bridgehead atoms. The average Bonchev–Trinajstić information content (AvgIpc) is 3.42. The van der Waals surface area contributed by atoms with Crippen LogP contribution in [0, 0.1) is 20.2 Å². The number of anilines is 6. The van der Waals surface area contributed by atoms with Crippen molar-refractivity contribution >= 4 is 81.4 Å². The van der Waals surface area contributed by atoms with Gasteiger partial charge in [0.05, 0.1) is 72.6 Å². The highest BCUT2D eigenvalue weighted by molar-refractivity contribution is 6.32. The Hall–Kier alpha value is -11.4. The average molecular weight is 1280 g/mol. The van der Waals surface area contributed by atoms with Crippen LogP contribution in [0.4, 0.5) is 45.9 Å². The van der Waals surface area contributed by atoms with Crippen LogP contribution in [0.25, 0.3) is 0 Å². The van der Waals surface area contributed by atoms with E-state index in [0.29, 0.717) is 40.4 Å². The lowest BCUT2D eigenvalue weighted by molar-refractivity contribution is -0.385. The summed E-state index contributed by atoms with van der Waals surface area (Å²) < 4.78 is 24.2. The second-order valence-corrected chi connectivity index (χ2v) is 20.0. The maximum Gasteiger partial charge on any atom is 0.356 e. The zero-order valence-corrected chi connectivity index (χ0v) is 52.3. The van der Waals surface area contributed by atoms with Crippen LogP contribution in [-0.2, 0) is 18.9 Å². The molecular formula is C63H70ClN13O15. The molecule has 11 N–H and O–H groups in total. The molecule has 29 heteroatoms. The molecule has 0 saturated carbocycles. The number of esters is 4. The van der Waals surface area contributed by atoms with Crippen LogP contribution < -0.4 is 53.6 Å². The van der Waals surface area contributed by atoms with Crippen LogP contribution in [0.3, 0.4) is 0 Å². The zero-order valence-electron chi connectivity index (χ0n) is 51.5. The number of nitrogen functional groups attached to an aromatic ring is 1. The van der Waals surface area contributed by atoms with Gasteiger partial charge < -0.3 is 71.7 Å². The van der Waals surface area contributed by atoms with E-state index in [1.807, 2.05) is 63.2 Å². The van der Waals surface area contributed by atoms with Crippen molar-refractivity contribution in [3.63, 3.8) is 0 Å². The molecule has 9 rings (SSSR count). The third-order valence-electron chi connectivity index (χ3n) is 13.4. The van der Waals surface area contributed by atoms with Crippen molar-refractivity contribution in [1.29, 1.82) is 0 Å². The number of fused-ring (bicyclic) bond motifs is 1. The van der Waals surface area contributed by atoms with Gasteiger partial charge in [0.2, 0.25) is 10.6 Å². The number of carbonyl (C=O) groups excluding carboxylic acids is 4. The number of nitrogens with zero attached hydrogens (tertiary/aromatic N) is 4. The number of aromatic nitrogens is 4. The minimum Gasteiger partial charge on any atom is -0.489 e. The van der Waals surface area contributed by atoms with Crippen LogP contribution in [0.15, 0.2) is 156 Å². The summed E-state index contributed by atoms with van der Waals surface area (Å²) in [5, 5.41) is 36.7. The normalized spacial score (nSPS) is 12.0. The smallest absolute Gasteiger partial charge is 0.356 e. The molecule has 484 valence electrons. The number of hydrogen-bond acceptors (Lipinski definition) is 24.